The molecular formula is C30H29FN6O5. The zero-order valence-electron chi connectivity index (χ0n) is 22.8. The Morgan fingerprint density at radius 1 is 1.12 bits per heavy atom. The van der Waals surface area contributed by atoms with E-state index >= 15 is 0 Å². The lowest BCUT2D eigenvalue weighted by Gasteiger charge is -2.32. The molecule has 2 aliphatic rings. The highest BCUT2D eigenvalue weighted by Crippen LogP contribution is 2.24. The van der Waals surface area contributed by atoms with Crippen molar-refractivity contribution in [1.29, 1.82) is 5.26 Å². The summed E-state index contributed by atoms with van der Waals surface area (Å²) in [4.78, 5) is 27.5. The number of fused-ring (bicyclic) bond motifs is 1. The second kappa shape index (κ2) is 12.1. The summed E-state index contributed by atoms with van der Waals surface area (Å²) in [6, 6.07) is 14.6. The van der Waals surface area contributed by atoms with Crippen LogP contribution in [0.25, 0.3) is 11.2 Å². The average molecular weight is 573 g/mol. The first-order chi connectivity index (χ1) is 20.4. The van der Waals surface area contributed by atoms with Crippen LogP contribution in [0.1, 0.15) is 46.8 Å². The molecule has 0 amide bonds. The molecule has 0 saturated carbocycles. The van der Waals surface area contributed by atoms with Gasteiger partial charge in [0.15, 0.2) is 22.9 Å². The Bertz CT molecular complexity index is 1640. The molecule has 6 rings (SSSR count). The van der Waals surface area contributed by atoms with E-state index in [1.807, 2.05) is 16.7 Å². The van der Waals surface area contributed by atoms with Crippen molar-refractivity contribution in [2.45, 2.75) is 51.2 Å². The van der Waals surface area contributed by atoms with E-state index in [4.69, 9.17) is 24.5 Å². The molecule has 11 nitrogen and oxygen atoms in total. The maximum absolute atomic E-state index is 14.1. The number of aromatic carboxylic acids is 1. The number of hydrogen-bond acceptors (Lipinski definition) is 9. The molecule has 1 unspecified atom stereocenters. The molecule has 1 atom stereocenters. The molecule has 42 heavy (non-hydrogen) atoms. The summed E-state index contributed by atoms with van der Waals surface area (Å²) >= 11 is 0. The largest absolute Gasteiger partial charge is 0.484 e. The fourth-order valence-corrected chi connectivity index (χ4v) is 5.11. The molecule has 3 aromatic heterocycles. The molecule has 4 aromatic rings. The number of ether oxygens (including phenoxy) is 3. The van der Waals surface area contributed by atoms with Crippen molar-refractivity contribution in [1.82, 2.24) is 24.4 Å². The predicted octanol–water partition coefficient (Wildman–Crippen LogP) is 3.95. The molecule has 1 aromatic carbocycles. The summed E-state index contributed by atoms with van der Waals surface area (Å²) in [7, 11) is 0. The van der Waals surface area contributed by atoms with E-state index in [2.05, 4.69) is 14.9 Å². The fraction of sp³-hybridized carbons (Fsp3) is 0.367. The van der Waals surface area contributed by atoms with Gasteiger partial charge in [-0.05, 0) is 55.7 Å². The van der Waals surface area contributed by atoms with Gasteiger partial charge in [0.05, 0.1) is 36.5 Å². The number of aromatic nitrogens is 4. The van der Waals surface area contributed by atoms with Gasteiger partial charge < -0.3 is 23.9 Å². The van der Waals surface area contributed by atoms with E-state index in [0.717, 1.165) is 50.8 Å². The van der Waals surface area contributed by atoms with Crippen molar-refractivity contribution < 1.29 is 28.5 Å². The minimum absolute atomic E-state index is 0.00616. The summed E-state index contributed by atoms with van der Waals surface area (Å²) < 4.78 is 33.5. The lowest BCUT2D eigenvalue weighted by molar-refractivity contribution is -0.0593. The van der Waals surface area contributed by atoms with Gasteiger partial charge >= 0.3 is 5.97 Å². The number of nitriles is 1. The van der Waals surface area contributed by atoms with Gasteiger partial charge in [-0.3, -0.25) is 4.90 Å². The standard InChI is InChI=1S/C30H29FN6O5/c31-23-14-19(15-32)4-7-26(23)41-18-20-2-1-3-28(33-20)42-21-8-11-36(12-9-21)17-27-34-24-5-6-25(30(38)39)35-29(24)37(27)16-22-10-13-40-22/h1-7,14,21-22H,8-13,16-18H2,(H,38,39). The van der Waals surface area contributed by atoms with Crippen LogP contribution in [0.4, 0.5) is 4.39 Å². The summed E-state index contributed by atoms with van der Waals surface area (Å²) in [5, 5.41) is 18.3. The number of piperidine rings is 1. The number of nitrogens with zero attached hydrogens (tertiary/aromatic N) is 6. The second-order valence-corrected chi connectivity index (χ2v) is 10.4. The first-order valence-electron chi connectivity index (χ1n) is 13.8. The van der Waals surface area contributed by atoms with Crippen molar-refractivity contribution in [3.05, 3.63) is 77.1 Å². The molecule has 216 valence electrons. The number of carboxylic acids is 1. The van der Waals surface area contributed by atoms with Crippen LogP contribution < -0.4 is 9.47 Å². The first-order valence-corrected chi connectivity index (χ1v) is 13.8. The Morgan fingerprint density at radius 3 is 2.67 bits per heavy atom. The number of carbonyl (C=O) groups is 1. The van der Waals surface area contributed by atoms with Crippen LogP contribution in [-0.2, 0) is 24.4 Å². The minimum Gasteiger partial charge on any atom is -0.484 e. The quantitative estimate of drug-likeness (QED) is 0.298. The molecule has 0 aliphatic carbocycles. The molecule has 2 saturated heterocycles. The number of benzene rings is 1. The lowest BCUT2D eigenvalue weighted by Crippen LogP contribution is -2.39. The highest BCUT2D eigenvalue weighted by Gasteiger charge is 2.26. The lowest BCUT2D eigenvalue weighted by atomic mass is 10.1. The van der Waals surface area contributed by atoms with Crippen molar-refractivity contribution in [2.75, 3.05) is 19.7 Å². The van der Waals surface area contributed by atoms with Crippen molar-refractivity contribution in [3.8, 4) is 17.7 Å². The summed E-state index contributed by atoms with van der Waals surface area (Å²) in [6.45, 7) is 3.58. The van der Waals surface area contributed by atoms with E-state index in [-0.39, 0.29) is 35.8 Å². The molecule has 1 N–H and O–H groups in total. The Morgan fingerprint density at radius 2 is 1.95 bits per heavy atom. The fourth-order valence-electron chi connectivity index (χ4n) is 5.11. The summed E-state index contributed by atoms with van der Waals surface area (Å²) in [5.41, 5.74) is 2.06. The topological polar surface area (TPSA) is 136 Å². The summed E-state index contributed by atoms with van der Waals surface area (Å²) in [6.07, 6.45) is 2.61. The van der Waals surface area contributed by atoms with Crippen LogP contribution in [0, 0.1) is 17.1 Å². The Balaban J connectivity index is 1.06. The molecule has 5 heterocycles. The minimum atomic E-state index is -1.07. The van der Waals surface area contributed by atoms with Crippen molar-refractivity contribution >= 4 is 17.1 Å². The van der Waals surface area contributed by atoms with Crippen molar-refractivity contribution in [2.24, 2.45) is 0 Å². The second-order valence-electron chi connectivity index (χ2n) is 10.4. The zero-order valence-corrected chi connectivity index (χ0v) is 22.8. The molecule has 2 fully saturated rings. The van der Waals surface area contributed by atoms with Gasteiger partial charge in [-0.25, -0.2) is 24.1 Å². The van der Waals surface area contributed by atoms with Gasteiger partial charge in [-0.2, -0.15) is 5.26 Å². The van der Waals surface area contributed by atoms with Crippen molar-refractivity contribution in [3.63, 3.8) is 0 Å². The average Bonchev–Trinajstić information content (AvgIpc) is 3.31. The van der Waals surface area contributed by atoms with Gasteiger partial charge in [0.2, 0.25) is 5.88 Å². The third-order valence-corrected chi connectivity index (χ3v) is 7.47. The van der Waals surface area contributed by atoms with Crippen LogP contribution in [0.2, 0.25) is 0 Å². The Hall–Kier alpha value is -4.60. The van der Waals surface area contributed by atoms with Crippen LogP contribution in [-0.4, -0.2) is 67.4 Å². The molecule has 2 aliphatic heterocycles. The number of carboxylic acid groups (broad SMARTS) is 1. The first kappa shape index (κ1) is 27.6. The predicted molar refractivity (Wildman–Crippen MR) is 147 cm³/mol. The number of pyridine rings is 2. The van der Waals surface area contributed by atoms with Crippen LogP contribution in [0.3, 0.4) is 0 Å². The monoisotopic (exact) mass is 572 g/mol. The number of rotatable bonds is 10. The van der Waals surface area contributed by atoms with Gasteiger partial charge in [0.25, 0.3) is 0 Å². The van der Waals surface area contributed by atoms with E-state index in [1.165, 1.54) is 18.2 Å². The van der Waals surface area contributed by atoms with Gasteiger partial charge in [-0.15, -0.1) is 0 Å². The molecule has 12 heteroatoms. The van der Waals surface area contributed by atoms with E-state index in [1.54, 1.807) is 18.2 Å². The zero-order chi connectivity index (χ0) is 29.1. The smallest absolute Gasteiger partial charge is 0.354 e. The van der Waals surface area contributed by atoms with E-state index in [9.17, 15) is 14.3 Å². The molecule has 0 spiro atoms. The highest BCUT2D eigenvalue weighted by molar-refractivity contribution is 5.88. The SMILES string of the molecule is N#Cc1ccc(OCc2cccc(OC3CCN(Cc4nc5ccc(C(=O)O)nc5n4CC4CCO4)CC3)n2)c(F)c1. The van der Waals surface area contributed by atoms with Crippen LogP contribution in [0.5, 0.6) is 11.6 Å². The number of imidazole rings is 1. The summed E-state index contributed by atoms with van der Waals surface area (Å²) in [5.74, 6) is -0.288. The maximum Gasteiger partial charge on any atom is 0.354 e. The number of halogens is 1. The van der Waals surface area contributed by atoms with Gasteiger partial charge in [0, 0.05) is 25.8 Å². The third-order valence-electron chi connectivity index (χ3n) is 7.47. The maximum atomic E-state index is 14.1. The van der Waals surface area contributed by atoms with Gasteiger partial charge in [0.1, 0.15) is 24.1 Å². The Labute approximate surface area is 241 Å². The van der Waals surface area contributed by atoms with Crippen LogP contribution >= 0.6 is 0 Å². The molecular weight excluding hydrogens is 543 g/mol. The number of likely N-dealkylation sites (tertiary alicyclic amines) is 1. The normalized spacial score (nSPS) is 17.5. The van der Waals surface area contributed by atoms with E-state index < -0.39 is 11.8 Å². The van der Waals surface area contributed by atoms with E-state index in [0.29, 0.717) is 35.8 Å². The van der Waals surface area contributed by atoms with Gasteiger partial charge in [-0.1, -0.05) is 6.07 Å². The molecule has 0 radical (unpaired) electrons. The highest BCUT2D eigenvalue weighted by atomic mass is 19.1. The Kier molecular flexibility index (Phi) is 7.94. The number of hydrogen-bond donors (Lipinski definition) is 1. The van der Waals surface area contributed by atoms with Crippen LogP contribution in [0.15, 0.2) is 48.5 Å². The third kappa shape index (κ3) is 6.17. The molecule has 0 bridgehead atoms.